The van der Waals surface area contributed by atoms with E-state index in [0.717, 1.165) is 11.4 Å². The van der Waals surface area contributed by atoms with Gasteiger partial charge < -0.3 is 20.1 Å². The third kappa shape index (κ3) is 5.20. The summed E-state index contributed by atoms with van der Waals surface area (Å²) in [7, 11) is 1.58. The molecular formula is C17H22N4O3. The molecule has 2 rings (SSSR count). The van der Waals surface area contributed by atoms with Crippen LogP contribution < -0.4 is 15.4 Å². The Kier molecular flexibility index (Phi) is 6.51. The molecule has 0 aliphatic rings. The lowest BCUT2D eigenvalue weighted by Crippen LogP contribution is -2.27. The maximum Gasteiger partial charge on any atom is 0.270 e. The zero-order chi connectivity index (χ0) is 17.4. The molecule has 0 fully saturated rings. The second-order valence-corrected chi connectivity index (χ2v) is 5.32. The molecule has 1 aromatic carbocycles. The second kappa shape index (κ2) is 8.83. The lowest BCUT2D eigenvalue weighted by molar-refractivity contribution is 0.0932. The fraction of sp³-hybridized carbons (Fsp3) is 0.353. The molecule has 2 aromatic rings. The van der Waals surface area contributed by atoms with Crippen LogP contribution in [0.3, 0.4) is 0 Å². The first-order chi connectivity index (χ1) is 11.6. The lowest BCUT2D eigenvalue weighted by atomic mass is 10.2. The van der Waals surface area contributed by atoms with Crippen molar-refractivity contribution in [3.63, 3.8) is 0 Å². The lowest BCUT2D eigenvalue weighted by Gasteiger charge is -2.15. The van der Waals surface area contributed by atoms with Crippen molar-refractivity contribution in [1.82, 2.24) is 15.3 Å². The van der Waals surface area contributed by atoms with E-state index in [1.54, 1.807) is 13.2 Å². The number of nitrogens with one attached hydrogen (secondary N) is 2. The standard InChI is InChI=1S/C17H22N4O3/c1-12(2)24-15-7-5-4-6-13(15)21-16-10-14(19-11-20-16)17(22)18-8-9-23-3/h4-7,10-12H,8-9H2,1-3H3,(H,18,22)(H,19,20,21). The second-order valence-electron chi connectivity index (χ2n) is 5.32. The van der Waals surface area contributed by atoms with Crippen LogP contribution in [0, 0.1) is 0 Å². The highest BCUT2D eigenvalue weighted by Gasteiger charge is 2.10. The predicted octanol–water partition coefficient (Wildman–Crippen LogP) is 2.38. The topological polar surface area (TPSA) is 85.4 Å². The van der Waals surface area contributed by atoms with Gasteiger partial charge in [0, 0.05) is 19.7 Å². The van der Waals surface area contributed by atoms with E-state index in [0.29, 0.717) is 19.0 Å². The summed E-state index contributed by atoms with van der Waals surface area (Å²) >= 11 is 0. The van der Waals surface area contributed by atoms with Crippen molar-refractivity contribution in [3.05, 3.63) is 42.4 Å². The van der Waals surface area contributed by atoms with E-state index >= 15 is 0 Å². The van der Waals surface area contributed by atoms with Gasteiger partial charge in [0.05, 0.1) is 18.4 Å². The molecule has 2 N–H and O–H groups in total. The molecule has 1 aromatic heterocycles. The van der Waals surface area contributed by atoms with Gasteiger partial charge in [-0.05, 0) is 26.0 Å². The fourth-order valence-electron chi connectivity index (χ4n) is 1.97. The highest BCUT2D eigenvalue weighted by atomic mass is 16.5. The molecule has 0 spiro atoms. The van der Waals surface area contributed by atoms with Gasteiger partial charge in [-0.15, -0.1) is 0 Å². The van der Waals surface area contributed by atoms with E-state index in [-0.39, 0.29) is 17.7 Å². The molecule has 7 nitrogen and oxygen atoms in total. The van der Waals surface area contributed by atoms with E-state index in [1.165, 1.54) is 6.33 Å². The number of benzene rings is 1. The number of aromatic nitrogens is 2. The number of amides is 1. The Morgan fingerprint density at radius 2 is 2.04 bits per heavy atom. The number of carbonyl (C=O) groups excluding carboxylic acids is 1. The van der Waals surface area contributed by atoms with Crippen LogP contribution in [0.25, 0.3) is 0 Å². The first-order valence-electron chi connectivity index (χ1n) is 7.72. The fourth-order valence-corrected chi connectivity index (χ4v) is 1.97. The zero-order valence-electron chi connectivity index (χ0n) is 14.1. The van der Waals surface area contributed by atoms with Gasteiger partial charge in [-0.25, -0.2) is 9.97 Å². The molecule has 0 aliphatic carbocycles. The van der Waals surface area contributed by atoms with Gasteiger partial charge in [0.15, 0.2) is 0 Å². The molecule has 7 heteroatoms. The SMILES string of the molecule is COCCNC(=O)c1cc(Nc2ccccc2OC(C)C)ncn1. The van der Waals surface area contributed by atoms with Crippen LogP contribution in [0.1, 0.15) is 24.3 Å². The molecular weight excluding hydrogens is 308 g/mol. The molecule has 0 bridgehead atoms. The van der Waals surface area contributed by atoms with Crippen molar-refractivity contribution in [1.29, 1.82) is 0 Å². The maximum absolute atomic E-state index is 12.0. The van der Waals surface area contributed by atoms with E-state index in [1.807, 2.05) is 38.1 Å². The highest BCUT2D eigenvalue weighted by Crippen LogP contribution is 2.27. The molecule has 1 amide bonds. The van der Waals surface area contributed by atoms with Gasteiger partial charge in [0.1, 0.15) is 23.6 Å². The van der Waals surface area contributed by atoms with E-state index in [9.17, 15) is 4.79 Å². The van der Waals surface area contributed by atoms with Crippen LogP contribution in [0.5, 0.6) is 5.75 Å². The number of anilines is 2. The Labute approximate surface area is 141 Å². The molecule has 0 atom stereocenters. The van der Waals surface area contributed by atoms with Crippen molar-refractivity contribution >= 4 is 17.4 Å². The Bertz CT molecular complexity index is 676. The first-order valence-corrected chi connectivity index (χ1v) is 7.72. The molecule has 0 unspecified atom stereocenters. The van der Waals surface area contributed by atoms with Crippen molar-refractivity contribution in [3.8, 4) is 5.75 Å². The number of hydrogen-bond acceptors (Lipinski definition) is 6. The third-order valence-corrected chi connectivity index (χ3v) is 3.00. The largest absolute Gasteiger partial charge is 0.489 e. The monoisotopic (exact) mass is 330 g/mol. The molecule has 0 radical (unpaired) electrons. The molecule has 0 saturated carbocycles. The summed E-state index contributed by atoms with van der Waals surface area (Å²) in [6.45, 7) is 4.79. The molecule has 128 valence electrons. The highest BCUT2D eigenvalue weighted by molar-refractivity contribution is 5.93. The Morgan fingerprint density at radius 1 is 1.25 bits per heavy atom. The van der Waals surface area contributed by atoms with Crippen LogP contribution in [-0.2, 0) is 4.74 Å². The summed E-state index contributed by atoms with van der Waals surface area (Å²) < 4.78 is 10.7. The van der Waals surface area contributed by atoms with Gasteiger partial charge in [-0.2, -0.15) is 0 Å². The Balaban J connectivity index is 2.11. The number of para-hydroxylation sites is 2. The number of nitrogens with zero attached hydrogens (tertiary/aromatic N) is 2. The van der Waals surface area contributed by atoms with Crippen LogP contribution >= 0.6 is 0 Å². The predicted molar refractivity (Wildman–Crippen MR) is 91.7 cm³/mol. The average Bonchev–Trinajstić information content (AvgIpc) is 2.56. The normalized spacial score (nSPS) is 10.5. The smallest absolute Gasteiger partial charge is 0.270 e. The number of carbonyl (C=O) groups is 1. The summed E-state index contributed by atoms with van der Waals surface area (Å²) in [5.41, 5.74) is 1.06. The molecule has 0 saturated heterocycles. The van der Waals surface area contributed by atoms with Gasteiger partial charge in [-0.3, -0.25) is 4.79 Å². The summed E-state index contributed by atoms with van der Waals surface area (Å²) in [4.78, 5) is 20.2. The van der Waals surface area contributed by atoms with Gasteiger partial charge in [0.2, 0.25) is 0 Å². The summed E-state index contributed by atoms with van der Waals surface area (Å²) in [5.74, 6) is 0.961. The molecule has 0 aliphatic heterocycles. The summed E-state index contributed by atoms with van der Waals surface area (Å²) in [6, 6.07) is 9.15. The zero-order valence-corrected chi connectivity index (χ0v) is 14.1. The molecule has 1 heterocycles. The van der Waals surface area contributed by atoms with E-state index < -0.39 is 0 Å². The summed E-state index contributed by atoms with van der Waals surface area (Å²) in [5, 5.41) is 5.88. The van der Waals surface area contributed by atoms with Crippen LogP contribution in [0.4, 0.5) is 11.5 Å². The van der Waals surface area contributed by atoms with Crippen molar-refractivity contribution < 1.29 is 14.3 Å². The van der Waals surface area contributed by atoms with Crippen molar-refractivity contribution in [2.24, 2.45) is 0 Å². The van der Waals surface area contributed by atoms with E-state index in [2.05, 4.69) is 20.6 Å². The van der Waals surface area contributed by atoms with E-state index in [4.69, 9.17) is 9.47 Å². The quantitative estimate of drug-likeness (QED) is 0.723. The number of ether oxygens (including phenoxy) is 2. The Hall–Kier alpha value is -2.67. The van der Waals surface area contributed by atoms with Crippen LogP contribution in [0.15, 0.2) is 36.7 Å². The van der Waals surface area contributed by atoms with Gasteiger partial charge >= 0.3 is 0 Å². The van der Waals surface area contributed by atoms with Crippen molar-refractivity contribution in [2.75, 3.05) is 25.6 Å². The third-order valence-electron chi connectivity index (χ3n) is 3.00. The number of hydrogen-bond donors (Lipinski definition) is 2. The minimum Gasteiger partial charge on any atom is -0.489 e. The van der Waals surface area contributed by atoms with Gasteiger partial charge in [-0.1, -0.05) is 12.1 Å². The molecule has 24 heavy (non-hydrogen) atoms. The Morgan fingerprint density at radius 3 is 2.79 bits per heavy atom. The summed E-state index contributed by atoms with van der Waals surface area (Å²) in [6.07, 6.45) is 1.40. The minimum atomic E-state index is -0.274. The van der Waals surface area contributed by atoms with Crippen LogP contribution in [0.2, 0.25) is 0 Å². The van der Waals surface area contributed by atoms with Gasteiger partial charge in [0.25, 0.3) is 5.91 Å². The van der Waals surface area contributed by atoms with Crippen molar-refractivity contribution in [2.45, 2.75) is 20.0 Å². The average molecular weight is 330 g/mol. The maximum atomic E-state index is 12.0. The van der Waals surface area contributed by atoms with Crippen LogP contribution in [-0.4, -0.2) is 42.2 Å². The number of methoxy groups -OCH3 is 1. The number of rotatable bonds is 8. The first kappa shape index (κ1) is 17.7. The minimum absolute atomic E-state index is 0.0560.